The molecule has 0 radical (unpaired) electrons. The predicted molar refractivity (Wildman–Crippen MR) is 108 cm³/mol. The van der Waals surface area contributed by atoms with Crippen LogP contribution in [0.3, 0.4) is 0 Å². The van der Waals surface area contributed by atoms with Crippen LogP contribution in [-0.4, -0.2) is 35.8 Å². The first-order valence-corrected chi connectivity index (χ1v) is 9.03. The molecule has 0 aliphatic heterocycles. The lowest BCUT2D eigenvalue weighted by molar-refractivity contribution is -0.116. The number of fused-ring (bicyclic) bond motifs is 1. The summed E-state index contributed by atoms with van der Waals surface area (Å²) in [5.74, 6) is 0.577. The zero-order chi connectivity index (χ0) is 19.1. The number of aromatic amines is 1. The standard InChI is InChI=1S/C22H24N2O3/c1-16-19(20-4-2-3-5-21(20)24-16)12-13-23-22(26)11-8-17-6-9-18(10-7-17)27-15-14-25/h2-11,24-25H,12-15H2,1H3,(H,23,26)/b11-8+. The third-order valence-corrected chi connectivity index (χ3v) is 4.37. The third-order valence-electron chi connectivity index (χ3n) is 4.37. The summed E-state index contributed by atoms with van der Waals surface area (Å²) >= 11 is 0. The van der Waals surface area contributed by atoms with Crippen molar-refractivity contribution in [3.8, 4) is 5.75 Å². The van der Waals surface area contributed by atoms with Crippen LogP contribution in [0.15, 0.2) is 54.6 Å². The van der Waals surface area contributed by atoms with Gasteiger partial charge in [-0.1, -0.05) is 30.3 Å². The average molecular weight is 364 g/mol. The van der Waals surface area contributed by atoms with Gasteiger partial charge in [0, 0.05) is 29.2 Å². The lowest BCUT2D eigenvalue weighted by Crippen LogP contribution is -2.23. The number of nitrogens with one attached hydrogen (secondary N) is 2. The molecule has 0 aliphatic rings. The van der Waals surface area contributed by atoms with E-state index < -0.39 is 0 Å². The van der Waals surface area contributed by atoms with Gasteiger partial charge < -0.3 is 20.1 Å². The highest BCUT2D eigenvalue weighted by Gasteiger charge is 2.07. The molecular formula is C22H24N2O3. The molecule has 1 amide bonds. The van der Waals surface area contributed by atoms with E-state index in [0.29, 0.717) is 12.3 Å². The fraction of sp³-hybridized carbons (Fsp3) is 0.227. The minimum Gasteiger partial charge on any atom is -0.491 e. The van der Waals surface area contributed by atoms with Gasteiger partial charge in [-0.15, -0.1) is 0 Å². The molecule has 0 unspecified atom stereocenters. The van der Waals surface area contributed by atoms with Crippen LogP contribution in [0.25, 0.3) is 17.0 Å². The summed E-state index contributed by atoms with van der Waals surface area (Å²) in [5, 5.41) is 12.9. The van der Waals surface area contributed by atoms with Gasteiger partial charge in [0.15, 0.2) is 0 Å². The molecule has 0 saturated carbocycles. The zero-order valence-electron chi connectivity index (χ0n) is 15.4. The number of amides is 1. The molecule has 3 aromatic rings. The normalized spacial score (nSPS) is 11.2. The van der Waals surface area contributed by atoms with Gasteiger partial charge in [-0.3, -0.25) is 4.79 Å². The molecule has 0 fully saturated rings. The first-order chi connectivity index (χ1) is 13.2. The Bertz CT molecular complexity index is 926. The number of hydrogen-bond acceptors (Lipinski definition) is 3. The number of aliphatic hydroxyl groups is 1. The minimum atomic E-state index is -0.117. The SMILES string of the molecule is Cc1[nH]c2ccccc2c1CCNC(=O)/C=C/c1ccc(OCCO)cc1. The maximum Gasteiger partial charge on any atom is 0.244 e. The van der Waals surface area contributed by atoms with Crippen molar-refractivity contribution >= 4 is 22.9 Å². The second kappa shape index (κ2) is 9.05. The molecule has 1 heterocycles. The Labute approximate surface area is 158 Å². The quantitative estimate of drug-likeness (QED) is 0.537. The van der Waals surface area contributed by atoms with E-state index in [4.69, 9.17) is 9.84 Å². The smallest absolute Gasteiger partial charge is 0.244 e. The van der Waals surface area contributed by atoms with Gasteiger partial charge in [0.05, 0.1) is 6.61 Å². The topological polar surface area (TPSA) is 74.4 Å². The Balaban J connectivity index is 1.50. The molecule has 0 atom stereocenters. The molecule has 0 spiro atoms. The summed E-state index contributed by atoms with van der Waals surface area (Å²) < 4.78 is 5.31. The summed E-state index contributed by atoms with van der Waals surface area (Å²) in [6.07, 6.45) is 4.08. The summed E-state index contributed by atoms with van der Waals surface area (Å²) in [5.41, 5.74) is 4.43. The lowest BCUT2D eigenvalue weighted by atomic mass is 10.1. The van der Waals surface area contributed by atoms with Crippen molar-refractivity contribution in [3.05, 3.63) is 71.4 Å². The van der Waals surface area contributed by atoms with Crippen molar-refractivity contribution in [1.29, 1.82) is 0 Å². The highest BCUT2D eigenvalue weighted by molar-refractivity contribution is 5.91. The second-order valence-corrected chi connectivity index (χ2v) is 6.29. The Kier molecular flexibility index (Phi) is 6.28. The summed E-state index contributed by atoms with van der Waals surface area (Å²) in [7, 11) is 0. The molecule has 0 aliphatic carbocycles. The van der Waals surface area contributed by atoms with Crippen LogP contribution >= 0.6 is 0 Å². The number of ether oxygens (including phenoxy) is 1. The molecule has 0 saturated heterocycles. The van der Waals surface area contributed by atoms with E-state index in [2.05, 4.69) is 29.4 Å². The monoisotopic (exact) mass is 364 g/mol. The molecule has 2 aromatic carbocycles. The van der Waals surface area contributed by atoms with Crippen LogP contribution in [-0.2, 0) is 11.2 Å². The highest BCUT2D eigenvalue weighted by Crippen LogP contribution is 2.21. The van der Waals surface area contributed by atoms with Crippen LogP contribution in [0.4, 0.5) is 0 Å². The molecule has 3 rings (SSSR count). The van der Waals surface area contributed by atoms with Crippen molar-refractivity contribution in [3.63, 3.8) is 0 Å². The van der Waals surface area contributed by atoms with Crippen molar-refractivity contribution in [2.24, 2.45) is 0 Å². The first kappa shape index (κ1) is 18.7. The van der Waals surface area contributed by atoms with Crippen molar-refractivity contribution in [2.45, 2.75) is 13.3 Å². The number of H-pyrrole nitrogens is 1. The second-order valence-electron chi connectivity index (χ2n) is 6.29. The number of benzene rings is 2. The van der Waals surface area contributed by atoms with E-state index >= 15 is 0 Å². The van der Waals surface area contributed by atoms with Crippen molar-refractivity contribution < 1.29 is 14.6 Å². The Morgan fingerprint density at radius 2 is 1.96 bits per heavy atom. The number of aromatic nitrogens is 1. The van der Waals surface area contributed by atoms with Crippen LogP contribution < -0.4 is 10.1 Å². The molecular weight excluding hydrogens is 340 g/mol. The Hall–Kier alpha value is -3.05. The van der Waals surface area contributed by atoms with Crippen LogP contribution in [0.1, 0.15) is 16.8 Å². The maximum absolute atomic E-state index is 12.0. The summed E-state index contributed by atoms with van der Waals surface area (Å²) in [4.78, 5) is 15.4. The molecule has 5 heteroatoms. The summed E-state index contributed by atoms with van der Waals surface area (Å²) in [6, 6.07) is 15.6. The van der Waals surface area contributed by atoms with Gasteiger partial charge >= 0.3 is 0 Å². The van der Waals surface area contributed by atoms with Crippen LogP contribution in [0.5, 0.6) is 5.75 Å². The number of carbonyl (C=O) groups is 1. The van der Waals surface area contributed by atoms with Crippen LogP contribution in [0.2, 0.25) is 0 Å². The fourth-order valence-electron chi connectivity index (χ4n) is 3.04. The Morgan fingerprint density at radius 3 is 2.74 bits per heavy atom. The molecule has 27 heavy (non-hydrogen) atoms. The predicted octanol–water partition coefficient (Wildman–Crippen LogP) is 3.22. The van der Waals surface area contributed by atoms with E-state index in [0.717, 1.165) is 23.2 Å². The number of hydrogen-bond donors (Lipinski definition) is 3. The largest absolute Gasteiger partial charge is 0.491 e. The number of para-hydroxylation sites is 1. The molecule has 5 nitrogen and oxygen atoms in total. The van der Waals surface area contributed by atoms with E-state index in [-0.39, 0.29) is 19.1 Å². The zero-order valence-corrected chi connectivity index (χ0v) is 15.4. The van der Waals surface area contributed by atoms with Crippen molar-refractivity contribution in [1.82, 2.24) is 10.3 Å². The number of aryl methyl sites for hydroxylation is 1. The van der Waals surface area contributed by atoms with Gasteiger partial charge in [-0.05, 0) is 48.7 Å². The fourth-order valence-corrected chi connectivity index (χ4v) is 3.04. The number of rotatable bonds is 8. The first-order valence-electron chi connectivity index (χ1n) is 9.03. The minimum absolute atomic E-state index is 0.0140. The molecule has 140 valence electrons. The maximum atomic E-state index is 12.0. The van der Waals surface area contributed by atoms with E-state index in [1.807, 2.05) is 36.4 Å². The van der Waals surface area contributed by atoms with Crippen molar-refractivity contribution in [2.75, 3.05) is 19.8 Å². The third kappa shape index (κ3) is 4.99. The Morgan fingerprint density at radius 1 is 1.19 bits per heavy atom. The van der Waals surface area contributed by atoms with E-state index in [1.165, 1.54) is 17.0 Å². The highest BCUT2D eigenvalue weighted by atomic mass is 16.5. The van der Waals surface area contributed by atoms with Gasteiger partial charge in [0.25, 0.3) is 0 Å². The van der Waals surface area contributed by atoms with E-state index in [1.54, 1.807) is 6.08 Å². The molecule has 1 aromatic heterocycles. The number of carbonyl (C=O) groups excluding carboxylic acids is 1. The van der Waals surface area contributed by atoms with Gasteiger partial charge in [0.1, 0.15) is 12.4 Å². The average Bonchev–Trinajstić information content (AvgIpc) is 3.01. The van der Waals surface area contributed by atoms with E-state index in [9.17, 15) is 4.79 Å². The number of aliphatic hydroxyl groups excluding tert-OH is 1. The van der Waals surface area contributed by atoms with Gasteiger partial charge in [-0.25, -0.2) is 0 Å². The molecule has 3 N–H and O–H groups in total. The lowest BCUT2D eigenvalue weighted by Gasteiger charge is -2.04. The molecule has 0 bridgehead atoms. The van der Waals surface area contributed by atoms with Gasteiger partial charge in [0.2, 0.25) is 5.91 Å². The summed E-state index contributed by atoms with van der Waals surface area (Å²) in [6.45, 7) is 2.90. The van der Waals surface area contributed by atoms with Crippen LogP contribution in [0, 0.1) is 6.92 Å². The van der Waals surface area contributed by atoms with Gasteiger partial charge in [-0.2, -0.15) is 0 Å².